The summed E-state index contributed by atoms with van der Waals surface area (Å²) in [7, 11) is 0. The monoisotopic (exact) mass is 346 g/mol. The number of hydrogen-bond donors (Lipinski definition) is 0. The molecule has 0 aliphatic carbocycles. The van der Waals surface area contributed by atoms with Crippen LogP contribution in [-0.4, -0.2) is 5.80 Å². The molecule has 0 fully saturated rings. The van der Waals surface area contributed by atoms with Gasteiger partial charge in [0.15, 0.2) is 0 Å². The molecule has 0 heterocycles. The van der Waals surface area contributed by atoms with Crippen molar-refractivity contribution in [1.29, 1.82) is 0 Å². The number of rotatable bonds is 7. The quantitative estimate of drug-likeness (QED) is 0.399. The van der Waals surface area contributed by atoms with Crippen LogP contribution in [0.3, 0.4) is 0 Å². The van der Waals surface area contributed by atoms with Gasteiger partial charge in [0.1, 0.15) is 0 Å². The van der Waals surface area contributed by atoms with Crippen molar-refractivity contribution in [2.45, 2.75) is 32.6 Å². The summed E-state index contributed by atoms with van der Waals surface area (Å²) in [5, 5.41) is 4.34. The van der Waals surface area contributed by atoms with Gasteiger partial charge in [-0.3, -0.25) is 0 Å². The van der Waals surface area contributed by atoms with E-state index in [1.165, 1.54) is 41.6 Å². The minimum atomic E-state index is -1.72. The highest BCUT2D eigenvalue weighted by atomic mass is 31.2. The fraction of sp³-hybridized carbons (Fsp3) is 0.208. The van der Waals surface area contributed by atoms with E-state index in [2.05, 4.69) is 104 Å². The van der Waals surface area contributed by atoms with Crippen molar-refractivity contribution in [3.63, 3.8) is 0 Å². The summed E-state index contributed by atoms with van der Waals surface area (Å²) in [5.41, 5.74) is 0. The number of unbranched alkanes of at least 4 members (excludes halogenated alkanes) is 3. The summed E-state index contributed by atoms with van der Waals surface area (Å²) in [6, 6.07) is 33.3. The SMILES string of the molecule is CCCCCC=P(c1ccccc1)(c1ccccc1)c1ccccc1. The number of hydrogen-bond acceptors (Lipinski definition) is 0. The lowest BCUT2D eigenvalue weighted by molar-refractivity contribution is 0.748. The minimum Gasteiger partial charge on any atom is -0.0742 e. The Labute approximate surface area is 152 Å². The van der Waals surface area contributed by atoms with Gasteiger partial charge in [-0.15, -0.1) is 0 Å². The maximum absolute atomic E-state index is 2.64. The molecule has 0 bridgehead atoms. The van der Waals surface area contributed by atoms with Gasteiger partial charge in [0, 0.05) is 0 Å². The summed E-state index contributed by atoms with van der Waals surface area (Å²) >= 11 is 0. The van der Waals surface area contributed by atoms with E-state index < -0.39 is 6.89 Å². The summed E-state index contributed by atoms with van der Waals surface area (Å²) in [6.45, 7) is 0.553. The molecule has 0 atom stereocenters. The first-order chi connectivity index (χ1) is 12.4. The summed E-state index contributed by atoms with van der Waals surface area (Å²) in [6.07, 6.45) is 5.00. The van der Waals surface area contributed by atoms with Crippen LogP contribution in [0.25, 0.3) is 0 Å². The third kappa shape index (κ3) is 3.97. The molecule has 1 heteroatoms. The Morgan fingerprint density at radius 2 is 1.00 bits per heavy atom. The first kappa shape index (κ1) is 17.8. The molecule has 0 nitrogen and oxygen atoms in total. The van der Waals surface area contributed by atoms with E-state index in [0.29, 0.717) is 0 Å². The number of benzene rings is 3. The molecular weight excluding hydrogens is 319 g/mol. The van der Waals surface area contributed by atoms with Crippen LogP contribution in [0.4, 0.5) is 0 Å². The molecule has 25 heavy (non-hydrogen) atoms. The first-order valence-corrected chi connectivity index (χ1v) is 11.1. The lowest BCUT2D eigenvalue weighted by atomic mass is 10.2. The van der Waals surface area contributed by atoms with Gasteiger partial charge in [0.05, 0.1) is 0 Å². The van der Waals surface area contributed by atoms with Crippen LogP contribution < -0.4 is 15.9 Å². The van der Waals surface area contributed by atoms with Gasteiger partial charge in [-0.25, -0.2) is 0 Å². The first-order valence-electron chi connectivity index (χ1n) is 9.28. The summed E-state index contributed by atoms with van der Waals surface area (Å²) in [4.78, 5) is 0. The largest absolute Gasteiger partial charge is 0.0742 e. The Balaban J connectivity index is 2.24. The Hall–Kier alpha value is -2.04. The molecule has 3 aromatic rings. The van der Waals surface area contributed by atoms with E-state index >= 15 is 0 Å². The zero-order valence-corrected chi connectivity index (χ0v) is 15.9. The van der Waals surface area contributed by atoms with Crippen LogP contribution >= 0.6 is 6.89 Å². The highest BCUT2D eigenvalue weighted by molar-refractivity contribution is 7.94. The zero-order valence-electron chi connectivity index (χ0n) is 15.0. The van der Waals surface area contributed by atoms with Crippen LogP contribution in [0.5, 0.6) is 0 Å². The van der Waals surface area contributed by atoms with Crippen molar-refractivity contribution in [1.82, 2.24) is 0 Å². The van der Waals surface area contributed by atoms with Crippen LogP contribution in [0, 0.1) is 0 Å². The van der Waals surface area contributed by atoms with Crippen molar-refractivity contribution >= 4 is 28.6 Å². The van der Waals surface area contributed by atoms with Crippen LogP contribution in [-0.2, 0) is 0 Å². The third-order valence-electron chi connectivity index (χ3n) is 4.70. The lowest BCUT2D eigenvalue weighted by Gasteiger charge is -2.29. The average Bonchev–Trinajstić information content (AvgIpc) is 2.70. The second kappa shape index (κ2) is 8.88. The molecule has 0 spiro atoms. The van der Waals surface area contributed by atoms with Crippen molar-refractivity contribution in [3.8, 4) is 0 Å². The third-order valence-corrected chi connectivity index (χ3v) is 8.84. The topological polar surface area (TPSA) is 0 Å². The Morgan fingerprint density at radius 1 is 0.600 bits per heavy atom. The fourth-order valence-corrected chi connectivity index (χ4v) is 7.46. The van der Waals surface area contributed by atoms with Gasteiger partial charge in [0.2, 0.25) is 0 Å². The normalized spacial score (nSPS) is 11.2. The van der Waals surface area contributed by atoms with Crippen molar-refractivity contribution < 1.29 is 0 Å². The van der Waals surface area contributed by atoms with Gasteiger partial charge in [-0.1, -0.05) is 117 Å². The zero-order chi connectivity index (χ0) is 17.4. The van der Waals surface area contributed by atoms with Crippen molar-refractivity contribution in [3.05, 3.63) is 91.0 Å². The van der Waals surface area contributed by atoms with Gasteiger partial charge in [-0.05, 0) is 35.6 Å². The molecule has 0 saturated heterocycles. The van der Waals surface area contributed by atoms with E-state index in [0.717, 1.165) is 0 Å². The fourth-order valence-electron chi connectivity index (χ4n) is 3.43. The molecule has 0 N–H and O–H groups in total. The molecule has 0 amide bonds. The van der Waals surface area contributed by atoms with Gasteiger partial charge >= 0.3 is 0 Å². The van der Waals surface area contributed by atoms with Crippen molar-refractivity contribution in [2.75, 3.05) is 0 Å². The van der Waals surface area contributed by atoms with Crippen LogP contribution in [0.2, 0.25) is 0 Å². The standard InChI is InChI=1S/C24H27P/c1-2-3-4-14-21-25(22-15-8-5-9-16-22,23-17-10-6-11-18-23)24-19-12-7-13-20-24/h5-13,15-21H,2-4,14H2,1H3. The molecule has 128 valence electrons. The maximum atomic E-state index is 2.64. The molecule has 3 rings (SSSR count). The predicted molar refractivity (Wildman–Crippen MR) is 115 cm³/mol. The van der Waals surface area contributed by atoms with E-state index in [-0.39, 0.29) is 0 Å². The lowest BCUT2D eigenvalue weighted by Crippen LogP contribution is -2.26. The summed E-state index contributed by atoms with van der Waals surface area (Å²) < 4.78 is 0. The summed E-state index contributed by atoms with van der Waals surface area (Å²) in [5.74, 6) is 2.64. The van der Waals surface area contributed by atoms with Gasteiger partial charge in [0.25, 0.3) is 0 Å². The predicted octanol–water partition coefficient (Wildman–Crippen LogP) is 5.36. The molecule has 0 radical (unpaired) electrons. The second-order valence-electron chi connectivity index (χ2n) is 6.41. The molecule has 0 unspecified atom stereocenters. The van der Waals surface area contributed by atoms with Crippen molar-refractivity contribution in [2.24, 2.45) is 0 Å². The smallest absolute Gasteiger partial charge is 0.0163 e. The molecule has 0 aliphatic heterocycles. The minimum absolute atomic E-state index is 1.17. The second-order valence-corrected chi connectivity index (χ2v) is 9.77. The van der Waals surface area contributed by atoms with Crippen LogP contribution in [0.15, 0.2) is 91.0 Å². The molecular formula is C24H27P. The molecule has 0 aliphatic rings. The Kier molecular flexibility index (Phi) is 6.31. The van der Waals surface area contributed by atoms with Gasteiger partial charge < -0.3 is 0 Å². The van der Waals surface area contributed by atoms with E-state index in [1.54, 1.807) is 0 Å². The highest BCUT2D eigenvalue weighted by Gasteiger charge is 2.23. The van der Waals surface area contributed by atoms with E-state index in [1.807, 2.05) is 0 Å². The Morgan fingerprint density at radius 3 is 1.36 bits per heavy atom. The van der Waals surface area contributed by atoms with Crippen LogP contribution in [0.1, 0.15) is 32.6 Å². The maximum Gasteiger partial charge on any atom is -0.0163 e. The van der Waals surface area contributed by atoms with Gasteiger partial charge in [-0.2, -0.15) is 0 Å². The average molecular weight is 346 g/mol. The molecule has 0 aromatic heterocycles. The molecule has 0 saturated carbocycles. The molecule has 3 aromatic carbocycles. The highest BCUT2D eigenvalue weighted by Crippen LogP contribution is 2.44. The van der Waals surface area contributed by atoms with E-state index in [4.69, 9.17) is 0 Å². The van der Waals surface area contributed by atoms with E-state index in [9.17, 15) is 0 Å². The Bertz CT molecular complexity index is 701.